The Morgan fingerprint density at radius 1 is 1.19 bits per heavy atom. The van der Waals surface area contributed by atoms with Gasteiger partial charge in [-0.05, 0) is 63.8 Å². The molecule has 0 aromatic rings. The van der Waals surface area contributed by atoms with Gasteiger partial charge in [-0.15, -0.1) is 0 Å². The third kappa shape index (κ3) is 3.78. The Kier molecular flexibility index (Phi) is 4.55. The molecule has 0 radical (unpaired) electrons. The Morgan fingerprint density at radius 3 is 2.38 bits per heavy atom. The average Bonchev–Trinajstić information content (AvgIpc) is 3.29. The fourth-order valence-corrected chi connectivity index (χ4v) is 3.33. The molecule has 0 amide bonds. The number of hydrogen-bond acceptors (Lipinski definition) is 4. The van der Waals surface area contributed by atoms with Crippen molar-refractivity contribution in [3.8, 4) is 0 Å². The van der Waals surface area contributed by atoms with Crippen molar-refractivity contribution in [2.45, 2.75) is 64.0 Å². The van der Waals surface area contributed by atoms with E-state index in [0.29, 0.717) is 18.6 Å². The number of nitrogens with zero attached hydrogens (tertiary/aromatic N) is 1. The molecule has 3 saturated carbocycles. The molecular formula is C17H30N2O2. The second-order valence-corrected chi connectivity index (χ2v) is 7.16. The minimum atomic E-state index is -0.442. The summed E-state index contributed by atoms with van der Waals surface area (Å²) in [7, 11) is 0. The van der Waals surface area contributed by atoms with Gasteiger partial charge in [0.05, 0.1) is 6.61 Å². The minimum Gasteiger partial charge on any atom is -0.465 e. The van der Waals surface area contributed by atoms with E-state index in [2.05, 4.69) is 17.1 Å². The van der Waals surface area contributed by atoms with Gasteiger partial charge in [-0.25, -0.2) is 4.79 Å². The van der Waals surface area contributed by atoms with E-state index in [1.54, 1.807) is 0 Å². The highest BCUT2D eigenvalue weighted by Crippen LogP contribution is 2.43. The highest BCUT2D eigenvalue weighted by molar-refractivity contribution is 5.82. The molecule has 0 aromatic carbocycles. The summed E-state index contributed by atoms with van der Waals surface area (Å²) in [6.45, 7) is 7.61. The van der Waals surface area contributed by atoms with E-state index in [0.717, 1.165) is 25.6 Å². The van der Waals surface area contributed by atoms with Crippen LogP contribution in [0.5, 0.6) is 0 Å². The Balaban J connectivity index is 1.72. The van der Waals surface area contributed by atoms with Crippen molar-refractivity contribution < 1.29 is 9.53 Å². The van der Waals surface area contributed by atoms with E-state index in [9.17, 15) is 4.79 Å². The van der Waals surface area contributed by atoms with Gasteiger partial charge in [-0.1, -0.05) is 6.92 Å². The summed E-state index contributed by atoms with van der Waals surface area (Å²) in [4.78, 5) is 15.2. The third-order valence-corrected chi connectivity index (χ3v) is 5.09. The van der Waals surface area contributed by atoms with Gasteiger partial charge >= 0.3 is 5.97 Å². The number of carbonyl (C=O) groups excluding carboxylic acids is 1. The summed E-state index contributed by atoms with van der Waals surface area (Å²) in [6, 6.07) is 0.537. The van der Waals surface area contributed by atoms with Gasteiger partial charge in [0.25, 0.3) is 0 Å². The second-order valence-electron chi connectivity index (χ2n) is 7.16. The van der Waals surface area contributed by atoms with Gasteiger partial charge in [0.2, 0.25) is 0 Å². The largest absolute Gasteiger partial charge is 0.465 e. The molecule has 0 aliphatic heterocycles. The zero-order valence-electron chi connectivity index (χ0n) is 13.6. The Bertz CT molecular complexity index is 375. The Labute approximate surface area is 128 Å². The topological polar surface area (TPSA) is 41.6 Å². The average molecular weight is 294 g/mol. The first-order chi connectivity index (χ1) is 10.2. The standard InChI is InChI=1S/C17H30N2O2/c1-3-19(11-13-5-6-13)12-17(14-7-8-14,16(20)21-4-2)18-15-9-10-15/h13-15,18H,3-12H2,1-2H3. The van der Waals surface area contributed by atoms with Crippen LogP contribution >= 0.6 is 0 Å². The van der Waals surface area contributed by atoms with Crippen molar-refractivity contribution in [3.63, 3.8) is 0 Å². The molecule has 4 nitrogen and oxygen atoms in total. The van der Waals surface area contributed by atoms with E-state index < -0.39 is 5.54 Å². The van der Waals surface area contributed by atoms with E-state index in [4.69, 9.17) is 4.74 Å². The highest BCUT2D eigenvalue weighted by atomic mass is 16.5. The molecule has 4 heteroatoms. The minimum absolute atomic E-state index is 0.00588. The lowest BCUT2D eigenvalue weighted by Gasteiger charge is -2.37. The molecular weight excluding hydrogens is 264 g/mol. The van der Waals surface area contributed by atoms with E-state index in [1.165, 1.54) is 38.5 Å². The van der Waals surface area contributed by atoms with Crippen LogP contribution in [-0.2, 0) is 9.53 Å². The molecule has 3 aliphatic rings. The predicted octanol–water partition coefficient (Wildman–Crippen LogP) is 2.18. The van der Waals surface area contributed by atoms with Crippen LogP contribution in [0, 0.1) is 11.8 Å². The molecule has 1 N–H and O–H groups in total. The maximum Gasteiger partial charge on any atom is 0.327 e. The lowest BCUT2D eigenvalue weighted by atomic mass is 9.91. The van der Waals surface area contributed by atoms with Gasteiger partial charge in [-0.3, -0.25) is 5.32 Å². The molecule has 0 saturated heterocycles. The van der Waals surface area contributed by atoms with E-state index >= 15 is 0 Å². The lowest BCUT2D eigenvalue weighted by Crippen LogP contribution is -2.62. The fraction of sp³-hybridized carbons (Fsp3) is 0.941. The predicted molar refractivity (Wildman–Crippen MR) is 83.1 cm³/mol. The zero-order valence-corrected chi connectivity index (χ0v) is 13.6. The Morgan fingerprint density at radius 2 is 1.90 bits per heavy atom. The molecule has 0 heterocycles. The number of likely N-dealkylation sites (N-methyl/N-ethyl adjacent to an activating group) is 1. The lowest BCUT2D eigenvalue weighted by molar-refractivity contribution is -0.153. The van der Waals surface area contributed by atoms with Crippen LogP contribution in [-0.4, -0.2) is 48.7 Å². The number of esters is 1. The summed E-state index contributed by atoms with van der Waals surface area (Å²) in [5.74, 6) is 1.34. The van der Waals surface area contributed by atoms with Crippen LogP contribution in [0.25, 0.3) is 0 Å². The van der Waals surface area contributed by atoms with Gasteiger partial charge in [-0.2, -0.15) is 0 Å². The molecule has 3 aliphatic carbocycles. The quantitative estimate of drug-likeness (QED) is 0.627. The summed E-state index contributed by atoms with van der Waals surface area (Å²) in [5.41, 5.74) is -0.442. The van der Waals surface area contributed by atoms with Gasteiger partial charge < -0.3 is 9.64 Å². The summed E-state index contributed by atoms with van der Waals surface area (Å²) in [5, 5.41) is 3.69. The number of ether oxygens (including phenoxy) is 1. The molecule has 0 bridgehead atoms. The first-order valence-electron chi connectivity index (χ1n) is 8.85. The smallest absolute Gasteiger partial charge is 0.327 e. The van der Waals surface area contributed by atoms with Crippen molar-refractivity contribution >= 4 is 5.97 Å². The van der Waals surface area contributed by atoms with Crippen molar-refractivity contribution in [3.05, 3.63) is 0 Å². The number of hydrogen-bond donors (Lipinski definition) is 1. The van der Waals surface area contributed by atoms with E-state index in [1.807, 2.05) is 6.92 Å². The summed E-state index contributed by atoms with van der Waals surface area (Å²) < 4.78 is 5.48. The second kappa shape index (κ2) is 6.25. The first kappa shape index (κ1) is 15.3. The van der Waals surface area contributed by atoms with Crippen molar-refractivity contribution in [2.24, 2.45) is 11.8 Å². The van der Waals surface area contributed by atoms with Crippen LogP contribution in [0.15, 0.2) is 0 Å². The normalized spacial score (nSPS) is 24.9. The fourth-order valence-electron chi connectivity index (χ4n) is 3.33. The molecule has 1 atom stereocenters. The number of carbonyl (C=O) groups is 1. The molecule has 1 unspecified atom stereocenters. The molecule has 0 spiro atoms. The molecule has 21 heavy (non-hydrogen) atoms. The summed E-state index contributed by atoms with van der Waals surface area (Å²) >= 11 is 0. The maximum absolute atomic E-state index is 12.8. The number of nitrogens with one attached hydrogen (secondary N) is 1. The monoisotopic (exact) mass is 294 g/mol. The van der Waals surface area contributed by atoms with Crippen LogP contribution in [0.1, 0.15) is 52.4 Å². The van der Waals surface area contributed by atoms with Crippen molar-refractivity contribution in [2.75, 3.05) is 26.2 Å². The van der Waals surface area contributed by atoms with Crippen LogP contribution in [0.3, 0.4) is 0 Å². The highest BCUT2D eigenvalue weighted by Gasteiger charge is 2.54. The van der Waals surface area contributed by atoms with Crippen LogP contribution in [0.2, 0.25) is 0 Å². The first-order valence-corrected chi connectivity index (χ1v) is 8.85. The molecule has 3 fully saturated rings. The van der Waals surface area contributed by atoms with Crippen LogP contribution < -0.4 is 5.32 Å². The molecule has 0 aromatic heterocycles. The third-order valence-electron chi connectivity index (χ3n) is 5.09. The summed E-state index contributed by atoms with van der Waals surface area (Å²) in [6.07, 6.45) is 7.48. The van der Waals surface area contributed by atoms with Gasteiger partial charge in [0.1, 0.15) is 5.54 Å². The molecule has 120 valence electrons. The van der Waals surface area contributed by atoms with Gasteiger partial charge in [0, 0.05) is 19.1 Å². The van der Waals surface area contributed by atoms with Gasteiger partial charge in [0.15, 0.2) is 0 Å². The maximum atomic E-state index is 12.8. The zero-order chi connectivity index (χ0) is 14.9. The Hall–Kier alpha value is -0.610. The van der Waals surface area contributed by atoms with Crippen molar-refractivity contribution in [1.82, 2.24) is 10.2 Å². The molecule has 3 rings (SSSR count). The van der Waals surface area contributed by atoms with Crippen molar-refractivity contribution in [1.29, 1.82) is 0 Å². The number of rotatable bonds is 10. The van der Waals surface area contributed by atoms with Crippen LogP contribution in [0.4, 0.5) is 0 Å². The SMILES string of the molecule is CCOC(=O)C(CN(CC)CC1CC1)(NC1CC1)C1CC1. The van der Waals surface area contributed by atoms with E-state index in [-0.39, 0.29) is 5.97 Å².